The zero-order valence-electron chi connectivity index (χ0n) is 7.00. The van der Waals surface area contributed by atoms with Crippen LogP contribution in [0.15, 0.2) is 4.99 Å². The molecule has 0 spiro atoms. The average molecular weight is 237 g/mol. The summed E-state index contributed by atoms with van der Waals surface area (Å²) in [4.78, 5) is 13.8. The van der Waals surface area contributed by atoms with Gasteiger partial charge in [-0.05, 0) is 12.8 Å². The van der Waals surface area contributed by atoms with Crippen molar-refractivity contribution in [3.63, 3.8) is 0 Å². The molecule has 80 valence electrons. The maximum atomic E-state index is 10.1. The van der Waals surface area contributed by atoms with Gasteiger partial charge in [0.25, 0.3) is 0 Å². The van der Waals surface area contributed by atoms with E-state index in [9.17, 15) is 9.90 Å². The van der Waals surface area contributed by atoms with Crippen molar-refractivity contribution in [2.75, 3.05) is 6.54 Å². The fourth-order valence-electron chi connectivity index (χ4n) is 0.637. The second-order valence-corrected chi connectivity index (χ2v) is 2.37. The minimum atomic E-state index is -1.25. The molecule has 7 heteroatoms. The molecular formula is C6H13CuN4O2. The number of hydrogen-bond donors (Lipinski definition) is 3. The number of aliphatic carboxylic acids is 1. The quantitative estimate of drug-likeness (QED) is 0.204. The molecule has 6 N–H and O–H groups in total. The van der Waals surface area contributed by atoms with Crippen LogP contribution in [0.1, 0.15) is 12.8 Å². The van der Waals surface area contributed by atoms with Crippen LogP contribution in [0, 0.1) is 0 Å². The Balaban J connectivity index is 0. The van der Waals surface area contributed by atoms with Gasteiger partial charge in [0, 0.05) is 12.6 Å². The molecule has 0 aliphatic carbocycles. The van der Waals surface area contributed by atoms with E-state index in [-0.39, 0.29) is 23.0 Å². The minimum absolute atomic E-state index is 0. The van der Waals surface area contributed by atoms with Crippen molar-refractivity contribution in [3.8, 4) is 0 Å². The van der Waals surface area contributed by atoms with Crippen LogP contribution < -0.4 is 22.3 Å². The Morgan fingerprint density at radius 3 is 2.38 bits per heavy atom. The van der Waals surface area contributed by atoms with Crippen LogP contribution in [0.2, 0.25) is 0 Å². The molecule has 0 amide bonds. The standard InChI is InChI=1S/C6H14N4O2.Cu/c7-4(5(11)12)2-1-3-10-6(8)9;/h4H,1-3,7H2,(H,11,12)(H4,8,9,10);/q;+1/p-1/t4-;/m0./s1. The van der Waals surface area contributed by atoms with Gasteiger partial charge in [-0.25, -0.2) is 0 Å². The summed E-state index contributed by atoms with van der Waals surface area (Å²) in [5, 5.41) is 10.1. The number of carboxylic acid groups (broad SMARTS) is 1. The topological polar surface area (TPSA) is 131 Å². The maximum Gasteiger partial charge on any atom is 1.00 e. The number of rotatable bonds is 5. The molecule has 0 rings (SSSR count). The predicted octanol–water partition coefficient (Wildman–Crippen LogP) is -2.89. The van der Waals surface area contributed by atoms with Crippen molar-refractivity contribution in [2.45, 2.75) is 18.9 Å². The van der Waals surface area contributed by atoms with Crippen molar-refractivity contribution in [2.24, 2.45) is 22.2 Å². The first-order valence-corrected chi connectivity index (χ1v) is 3.56. The molecule has 0 fully saturated rings. The van der Waals surface area contributed by atoms with Gasteiger partial charge in [0.2, 0.25) is 0 Å². The maximum absolute atomic E-state index is 10.1. The van der Waals surface area contributed by atoms with Gasteiger partial charge in [-0.2, -0.15) is 0 Å². The molecule has 0 aliphatic heterocycles. The summed E-state index contributed by atoms with van der Waals surface area (Å²) < 4.78 is 0. The molecule has 0 aromatic rings. The van der Waals surface area contributed by atoms with Crippen molar-refractivity contribution >= 4 is 11.9 Å². The number of hydrogen-bond acceptors (Lipinski definition) is 4. The Kier molecular flexibility index (Phi) is 8.89. The third-order valence-corrected chi connectivity index (χ3v) is 1.27. The summed E-state index contributed by atoms with van der Waals surface area (Å²) in [7, 11) is 0. The van der Waals surface area contributed by atoms with E-state index in [2.05, 4.69) is 4.99 Å². The number of guanidine groups is 1. The molecular weight excluding hydrogens is 224 g/mol. The molecule has 0 unspecified atom stereocenters. The van der Waals surface area contributed by atoms with Gasteiger partial charge in [-0.3, -0.25) is 4.99 Å². The van der Waals surface area contributed by atoms with E-state index in [0.717, 1.165) is 0 Å². The molecule has 1 atom stereocenters. The Hall–Kier alpha value is -0.781. The number of carbonyl (C=O) groups excluding carboxylic acids is 1. The number of nitrogens with two attached hydrogens (primary N) is 3. The molecule has 0 aromatic carbocycles. The first kappa shape index (κ1) is 14.7. The first-order valence-electron chi connectivity index (χ1n) is 3.56. The van der Waals surface area contributed by atoms with Crippen LogP contribution in [0.4, 0.5) is 0 Å². The monoisotopic (exact) mass is 236 g/mol. The van der Waals surface area contributed by atoms with Crippen LogP contribution in [0.25, 0.3) is 0 Å². The summed E-state index contributed by atoms with van der Waals surface area (Å²) in [5.74, 6) is -1.25. The summed E-state index contributed by atoms with van der Waals surface area (Å²) in [6, 6.07) is -0.931. The van der Waals surface area contributed by atoms with Gasteiger partial charge >= 0.3 is 17.1 Å². The molecule has 0 heterocycles. The predicted molar refractivity (Wildman–Crippen MR) is 42.9 cm³/mol. The molecule has 0 aromatic heterocycles. The number of carboxylic acids is 1. The Labute approximate surface area is 87.0 Å². The molecule has 13 heavy (non-hydrogen) atoms. The van der Waals surface area contributed by atoms with Gasteiger partial charge in [0.05, 0.1) is 5.97 Å². The van der Waals surface area contributed by atoms with Crippen LogP contribution in [0.5, 0.6) is 0 Å². The Morgan fingerprint density at radius 1 is 1.46 bits per heavy atom. The van der Waals surface area contributed by atoms with E-state index < -0.39 is 12.0 Å². The van der Waals surface area contributed by atoms with E-state index in [4.69, 9.17) is 17.2 Å². The molecule has 6 nitrogen and oxygen atoms in total. The van der Waals surface area contributed by atoms with Gasteiger partial charge in [-0.1, -0.05) is 0 Å². The van der Waals surface area contributed by atoms with Crippen molar-refractivity contribution in [1.29, 1.82) is 0 Å². The molecule has 0 aliphatic rings. The van der Waals surface area contributed by atoms with Crippen LogP contribution in [-0.4, -0.2) is 24.5 Å². The van der Waals surface area contributed by atoms with Crippen LogP contribution in [-0.2, 0) is 21.9 Å². The largest absolute Gasteiger partial charge is 1.00 e. The summed E-state index contributed by atoms with van der Waals surface area (Å²) >= 11 is 0. The smallest absolute Gasteiger partial charge is 0.548 e. The zero-order valence-corrected chi connectivity index (χ0v) is 7.94. The first-order chi connectivity index (χ1) is 5.54. The zero-order chi connectivity index (χ0) is 9.56. The fraction of sp³-hybridized carbons (Fsp3) is 0.667. The number of nitrogens with zero attached hydrogens (tertiary/aromatic N) is 1. The van der Waals surface area contributed by atoms with Gasteiger partial charge in [0.1, 0.15) is 0 Å². The summed E-state index contributed by atoms with van der Waals surface area (Å²) in [6.07, 6.45) is 0.853. The van der Waals surface area contributed by atoms with E-state index >= 15 is 0 Å². The van der Waals surface area contributed by atoms with Gasteiger partial charge in [0.15, 0.2) is 5.96 Å². The van der Waals surface area contributed by atoms with E-state index in [1.54, 1.807) is 0 Å². The van der Waals surface area contributed by atoms with Crippen molar-refractivity contribution in [1.82, 2.24) is 0 Å². The number of aliphatic imine (C=N–C) groups is 1. The normalized spacial score (nSPS) is 11.2. The van der Waals surface area contributed by atoms with Gasteiger partial charge in [-0.15, -0.1) is 0 Å². The average Bonchev–Trinajstić information content (AvgIpc) is 1.97. The van der Waals surface area contributed by atoms with Crippen LogP contribution in [0.3, 0.4) is 0 Å². The third-order valence-electron chi connectivity index (χ3n) is 1.27. The minimum Gasteiger partial charge on any atom is -0.548 e. The van der Waals surface area contributed by atoms with E-state index in [1.165, 1.54) is 0 Å². The second-order valence-electron chi connectivity index (χ2n) is 2.37. The Bertz CT molecular complexity index is 181. The molecule has 0 bridgehead atoms. The van der Waals surface area contributed by atoms with Crippen molar-refractivity contribution in [3.05, 3.63) is 0 Å². The van der Waals surface area contributed by atoms with Crippen LogP contribution >= 0.6 is 0 Å². The Morgan fingerprint density at radius 2 is 2.00 bits per heavy atom. The van der Waals surface area contributed by atoms with Gasteiger partial charge < -0.3 is 27.1 Å². The number of carbonyl (C=O) groups is 1. The third kappa shape index (κ3) is 9.13. The molecule has 0 radical (unpaired) electrons. The van der Waals surface area contributed by atoms with E-state index in [0.29, 0.717) is 19.4 Å². The molecule has 0 saturated carbocycles. The van der Waals surface area contributed by atoms with Crippen molar-refractivity contribution < 1.29 is 27.0 Å². The SMILES string of the molecule is NC(N)=NCCC[C@H](N)C(=O)[O-].[Cu+]. The summed E-state index contributed by atoms with van der Waals surface area (Å²) in [5.41, 5.74) is 15.2. The summed E-state index contributed by atoms with van der Waals surface area (Å²) in [6.45, 7) is 0.392. The fourth-order valence-corrected chi connectivity index (χ4v) is 0.637. The molecule has 0 saturated heterocycles. The van der Waals surface area contributed by atoms with E-state index in [1.807, 2.05) is 0 Å². The second kappa shape index (κ2) is 7.85.